The highest BCUT2D eigenvalue weighted by Crippen LogP contribution is 2.30. The number of terminal acetylenes is 1. The Bertz CT molecular complexity index is 434. The fourth-order valence-electron chi connectivity index (χ4n) is 1.67. The average molecular weight is 316 g/mol. The van der Waals surface area contributed by atoms with Crippen molar-refractivity contribution in [1.82, 2.24) is 5.32 Å². The third kappa shape index (κ3) is 7.21. The third-order valence-corrected chi connectivity index (χ3v) is 2.55. The molecule has 0 atom stereocenters. The second-order valence-electron chi connectivity index (χ2n) is 3.95. The van der Waals surface area contributed by atoms with Crippen LogP contribution < -0.4 is 14.8 Å². The van der Waals surface area contributed by atoms with Gasteiger partial charge in [-0.2, -0.15) is 0 Å². The monoisotopic (exact) mass is 315 g/mol. The van der Waals surface area contributed by atoms with Crippen LogP contribution in [0.5, 0.6) is 11.5 Å². The summed E-state index contributed by atoms with van der Waals surface area (Å²) in [5.74, 6) is 3.77. The molecule has 0 aliphatic rings. The predicted octanol–water partition coefficient (Wildman–Crippen LogP) is 1.23. The fourth-order valence-corrected chi connectivity index (χ4v) is 1.67. The van der Waals surface area contributed by atoms with Gasteiger partial charge in [0.15, 0.2) is 11.5 Å². The molecule has 0 saturated heterocycles. The first-order valence-electron chi connectivity index (χ1n) is 6.45. The first-order chi connectivity index (χ1) is 9.83. The summed E-state index contributed by atoms with van der Waals surface area (Å²) in [6, 6.07) is 5.69. The largest absolute Gasteiger partial charge is 0.493 e. The number of methoxy groups -OCH3 is 1. The highest BCUT2D eigenvalue weighted by molar-refractivity contribution is 5.85. The molecule has 118 valence electrons. The Morgan fingerprint density at radius 3 is 2.81 bits per heavy atom. The van der Waals surface area contributed by atoms with E-state index < -0.39 is 0 Å². The lowest BCUT2D eigenvalue weighted by molar-refractivity contribution is 0.0937. The molecule has 0 bridgehead atoms. The van der Waals surface area contributed by atoms with Crippen LogP contribution in [0.1, 0.15) is 5.56 Å². The van der Waals surface area contributed by atoms with E-state index >= 15 is 0 Å². The van der Waals surface area contributed by atoms with Crippen molar-refractivity contribution >= 4 is 12.4 Å². The summed E-state index contributed by atoms with van der Waals surface area (Å²) in [4.78, 5) is 0. The summed E-state index contributed by atoms with van der Waals surface area (Å²) in [6.07, 6.45) is 5.22. The van der Waals surface area contributed by atoms with Gasteiger partial charge < -0.3 is 24.6 Å². The van der Waals surface area contributed by atoms with Gasteiger partial charge in [-0.05, 0) is 6.07 Å². The molecule has 0 unspecified atom stereocenters. The van der Waals surface area contributed by atoms with Crippen molar-refractivity contribution < 1.29 is 19.3 Å². The first kappa shape index (κ1) is 19.6. The fraction of sp³-hybridized carbons (Fsp3) is 0.467. The molecule has 21 heavy (non-hydrogen) atoms. The molecule has 1 rings (SSSR count). The van der Waals surface area contributed by atoms with Gasteiger partial charge in [-0.15, -0.1) is 18.8 Å². The second-order valence-corrected chi connectivity index (χ2v) is 3.95. The third-order valence-electron chi connectivity index (χ3n) is 2.55. The molecule has 1 aromatic rings. The highest BCUT2D eigenvalue weighted by Gasteiger charge is 2.09. The maximum Gasteiger partial charge on any atom is 0.167 e. The predicted molar refractivity (Wildman–Crippen MR) is 84.2 cm³/mol. The highest BCUT2D eigenvalue weighted by atomic mass is 35.5. The van der Waals surface area contributed by atoms with Crippen molar-refractivity contribution in [1.29, 1.82) is 0 Å². The number of aliphatic hydroxyl groups excluding tert-OH is 1. The molecule has 0 aliphatic heterocycles. The van der Waals surface area contributed by atoms with Crippen molar-refractivity contribution in [2.75, 3.05) is 40.1 Å². The lowest BCUT2D eigenvalue weighted by atomic mass is 10.2. The van der Waals surface area contributed by atoms with Crippen LogP contribution in [0.15, 0.2) is 18.2 Å². The molecule has 0 amide bonds. The van der Waals surface area contributed by atoms with Crippen LogP contribution in [0.3, 0.4) is 0 Å². The molecule has 0 saturated carbocycles. The van der Waals surface area contributed by atoms with Gasteiger partial charge in [-0.25, -0.2) is 0 Å². The van der Waals surface area contributed by atoms with Crippen LogP contribution in [0.4, 0.5) is 0 Å². The van der Waals surface area contributed by atoms with E-state index in [-0.39, 0.29) is 25.6 Å². The minimum atomic E-state index is 0. The summed E-state index contributed by atoms with van der Waals surface area (Å²) < 4.78 is 16.0. The lowest BCUT2D eigenvalue weighted by Crippen LogP contribution is -2.20. The minimum absolute atomic E-state index is 0. The van der Waals surface area contributed by atoms with Crippen LogP contribution in [0, 0.1) is 12.3 Å². The zero-order valence-electron chi connectivity index (χ0n) is 12.1. The van der Waals surface area contributed by atoms with Crippen LogP contribution >= 0.6 is 12.4 Å². The van der Waals surface area contributed by atoms with Crippen molar-refractivity contribution in [3.8, 4) is 23.8 Å². The van der Waals surface area contributed by atoms with Crippen LogP contribution in [-0.2, 0) is 11.3 Å². The maximum atomic E-state index is 8.59. The lowest BCUT2D eigenvalue weighted by Gasteiger charge is -2.14. The van der Waals surface area contributed by atoms with Crippen molar-refractivity contribution in [2.24, 2.45) is 0 Å². The molecular weight excluding hydrogens is 294 g/mol. The Morgan fingerprint density at radius 1 is 1.33 bits per heavy atom. The molecule has 0 radical (unpaired) electrons. The van der Waals surface area contributed by atoms with Crippen LogP contribution in [-0.4, -0.2) is 45.2 Å². The molecule has 0 aromatic heterocycles. The van der Waals surface area contributed by atoms with E-state index in [1.54, 1.807) is 7.11 Å². The smallest absolute Gasteiger partial charge is 0.167 e. The topological polar surface area (TPSA) is 60.0 Å². The van der Waals surface area contributed by atoms with Crippen LogP contribution in [0.25, 0.3) is 0 Å². The van der Waals surface area contributed by atoms with E-state index in [1.807, 2.05) is 18.2 Å². The SMILES string of the molecule is C#CCOc1c(CNCCOCCO)cccc1OC.Cl. The number of hydrogen-bond donors (Lipinski definition) is 2. The average Bonchev–Trinajstić information content (AvgIpc) is 2.49. The summed E-state index contributed by atoms with van der Waals surface area (Å²) in [6.45, 7) is 2.46. The number of benzene rings is 1. The van der Waals surface area contributed by atoms with E-state index in [1.165, 1.54) is 0 Å². The standard InChI is InChI=1S/C15H21NO4.ClH/c1-3-9-20-15-13(5-4-6-14(15)18-2)12-16-7-10-19-11-8-17;/h1,4-6,16-17H,7-12H2,2H3;1H. The summed E-state index contributed by atoms with van der Waals surface area (Å²) in [7, 11) is 1.60. The van der Waals surface area contributed by atoms with E-state index in [4.69, 9.17) is 25.7 Å². The zero-order chi connectivity index (χ0) is 14.6. The van der Waals surface area contributed by atoms with Gasteiger partial charge in [-0.1, -0.05) is 18.1 Å². The molecule has 2 N–H and O–H groups in total. The first-order valence-corrected chi connectivity index (χ1v) is 6.45. The zero-order valence-corrected chi connectivity index (χ0v) is 12.9. The van der Waals surface area contributed by atoms with E-state index in [9.17, 15) is 0 Å². The number of rotatable bonds is 10. The quantitative estimate of drug-likeness (QED) is 0.502. The van der Waals surface area contributed by atoms with Gasteiger partial charge in [-0.3, -0.25) is 0 Å². The molecule has 1 aromatic carbocycles. The Kier molecular flexibility index (Phi) is 11.5. The number of aliphatic hydroxyl groups is 1. The summed E-state index contributed by atoms with van der Waals surface area (Å²) in [5, 5.41) is 11.8. The molecule has 0 heterocycles. The van der Waals surface area contributed by atoms with Gasteiger partial charge in [0.05, 0.1) is 26.9 Å². The number of nitrogens with one attached hydrogen (secondary N) is 1. The van der Waals surface area contributed by atoms with Crippen molar-refractivity contribution in [2.45, 2.75) is 6.54 Å². The van der Waals surface area contributed by atoms with Crippen LogP contribution in [0.2, 0.25) is 0 Å². The number of ether oxygens (including phenoxy) is 3. The number of hydrogen-bond acceptors (Lipinski definition) is 5. The summed E-state index contributed by atoms with van der Waals surface area (Å²) in [5.41, 5.74) is 0.974. The molecule has 5 nitrogen and oxygen atoms in total. The Labute approximate surface area is 132 Å². The maximum absolute atomic E-state index is 8.59. The molecular formula is C15H22ClNO4. The Hall–Kier alpha value is -1.45. The van der Waals surface area contributed by atoms with Gasteiger partial charge in [0.2, 0.25) is 0 Å². The normalized spacial score (nSPS) is 9.57. The van der Waals surface area contributed by atoms with Gasteiger partial charge >= 0.3 is 0 Å². The van der Waals surface area contributed by atoms with Gasteiger partial charge in [0, 0.05) is 18.7 Å². The minimum Gasteiger partial charge on any atom is -0.493 e. The second kappa shape index (κ2) is 12.3. The van der Waals surface area contributed by atoms with Crippen molar-refractivity contribution in [3.63, 3.8) is 0 Å². The van der Waals surface area contributed by atoms with Gasteiger partial charge in [0.1, 0.15) is 6.61 Å². The molecule has 0 aliphatic carbocycles. The Morgan fingerprint density at radius 2 is 2.14 bits per heavy atom. The molecule has 6 heteroatoms. The molecule has 0 spiro atoms. The van der Waals surface area contributed by atoms with Crippen molar-refractivity contribution in [3.05, 3.63) is 23.8 Å². The number of para-hydroxylation sites is 1. The van der Waals surface area contributed by atoms with E-state index in [0.29, 0.717) is 37.8 Å². The Balaban J connectivity index is 0.00000400. The van der Waals surface area contributed by atoms with Gasteiger partial charge in [0.25, 0.3) is 0 Å². The molecule has 0 fully saturated rings. The van der Waals surface area contributed by atoms with E-state index in [0.717, 1.165) is 5.56 Å². The van der Waals surface area contributed by atoms with E-state index in [2.05, 4.69) is 11.2 Å². The number of halogens is 1. The summed E-state index contributed by atoms with van der Waals surface area (Å²) >= 11 is 0.